The van der Waals surface area contributed by atoms with Crippen LogP contribution in [-0.2, 0) is 4.79 Å². The largest absolute Gasteiger partial charge is 0.349 e. The Kier molecular flexibility index (Phi) is 4.54. The van der Waals surface area contributed by atoms with Gasteiger partial charge in [0.1, 0.15) is 0 Å². The van der Waals surface area contributed by atoms with Crippen LogP contribution in [-0.4, -0.2) is 23.0 Å². The first kappa shape index (κ1) is 12.6. The average Bonchev–Trinajstić information content (AvgIpc) is 1.99. The highest BCUT2D eigenvalue weighted by atomic mass is 32.2. The van der Waals surface area contributed by atoms with Gasteiger partial charge in [-0.1, -0.05) is 12.2 Å². The van der Waals surface area contributed by atoms with Crippen LogP contribution in [0.1, 0.15) is 27.7 Å². The predicted octanol–water partition coefficient (Wildman–Crippen LogP) is 2.21. The molecule has 0 bridgehead atoms. The number of thioether (sulfide) groups is 1. The number of carbonyl (C=O) groups is 1. The Balaban J connectivity index is 4.60. The van der Waals surface area contributed by atoms with E-state index in [1.807, 2.05) is 13.2 Å². The summed E-state index contributed by atoms with van der Waals surface area (Å²) in [5.41, 5.74) is 0.995. The van der Waals surface area contributed by atoms with Gasteiger partial charge in [0.25, 0.3) is 0 Å². The van der Waals surface area contributed by atoms with Crippen molar-refractivity contribution in [3.63, 3.8) is 0 Å². The summed E-state index contributed by atoms with van der Waals surface area (Å²) in [4.78, 5) is 11.0. The van der Waals surface area contributed by atoms with Crippen LogP contribution in [0.15, 0.2) is 12.2 Å². The molecule has 0 aliphatic heterocycles. The maximum absolute atomic E-state index is 11.0. The van der Waals surface area contributed by atoms with E-state index in [1.165, 1.54) is 6.92 Å². The van der Waals surface area contributed by atoms with Crippen LogP contribution in [0.2, 0.25) is 0 Å². The van der Waals surface area contributed by atoms with Gasteiger partial charge in [-0.05, 0) is 27.0 Å². The SMILES string of the molecule is C=C(C)C(NC(C)=O)C(C)(C)SC. The lowest BCUT2D eigenvalue weighted by Crippen LogP contribution is -2.47. The molecule has 0 saturated carbocycles. The van der Waals surface area contributed by atoms with Crippen LogP contribution in [0.5, 0.6) is 0 Å². The molecule has 0 aromatic carbocycles. The van der Waals surface area contributed by atoms with E-state index < -0.39 is 0 Å². The highest BCUT2D eigenvalue weighted by Crippen LogP contribution is 2.28. The van der Waals surface area contributed by atoms with Gasteiger partial charge in [-0.3, -0.25) is 4.79 Å². The van der Waals surface area contributed by atoms with Gasteiger partial charge in [-0.2, -0.15) is 11.8 Å². The Morgan fingerprint density at radius 1 is 1.46 bits per heavy atom. The summed E-state index contributed by atoms with van der Waals surface area (Å²) in [6, 6.07) is 0.0417. The van der Waals surface area contributed by atoms with Gasteiger partial charge >= 0.3 is 0 Å². The summed E-state index contributed by atoms with van der Waals surface area (Å²) in [5.74, 6) is -0.00451. The molecule has 0 aliphatic rings. The monoisotopic (exact) mass is 201 g/mol. The Morgan fingerprint density at radius 2 is 1.92 bits per heavy atom. The highest BCUT2D eigenvalue weighted by Gasteiger charge is 2.29. The summed E-state index contributed by atoms with van der Waals surface area (Å²) in [6.07, 6.45) is 2.04. The van der Waals surface area contributed by atoms with Gasteiger partial charge in [-0.15, -0.1) is 0 Å². The van der Waals surface area contributed by atoms with Crippen LogP contribution in [0.4, 0.5) is 0 Å². The smallest absolute Gasteiger partial charge is 0.217 e. The van der Waals surface area contributed by atoms with Crippen LogP contribution < -0.4 is 5.32 Å². The van der Waals surface area contributed by atoms with Crippen molar-refractivity contribution in [2.75, 3.05) is 6.26 Å². The van der Waals surface area contributed by atoms with E-state index in [9.17, 15) is 4.79 Å². The Hall–Kier alpha value is -0.440. The minimum Gasteiger partial charge on any atom is -0.349 e. The molecule has 76 valence electrons. The van der Waals surface area contributed by atoms with Gasteiger partial charge in [0.05, 0.1) is 6.04 Å². The van der Waals surface area contributed by atoms with Crippen LogP contribution in [0.25, 0.3) is 0 Å². The molecule has 0 spiro atoms. The zero-order valence-electron chi connectivity index (χ0n) is 9.10. The molecule has 0 aromatic heterocycles. The second kappa shape index (κ2) is 4.70. The standard InChI is InChI=1S/C10H19NOS/c1-7(2)9(11-8(3)12)10(4,5)13-6/h9H,1H2,2-6H3,(H,11,12). The first-order chi connectivity index (χ1) is 5.81. The summed E-state index contributed by atoms with van der Waals surface area (Å²) in [5, 5.41) is 2.91. The number of amides is 1. The van der Waals surface area contributed by atoms with Gasteiger partial charge in [0.2, 0.25) is 5.91 Å². The van der Waals surface area contributed by atoms with Crippen LogP contribution >= 0.6 is 11.8 Å². The van der Waals surface area contributed by atoms with E-state index in [0.29, 0.717) is 0 Å². The predicted molar refractivity (Wildman–Crippen MR) is 60.0 cm³/mol. The normalized spacial score (nSPS) is 13.6. The summed E-state index contributed by atoms with van der Waals surface area (Å²) < 4.78 is -0.00248. The van der Waals surface area contributed by atoms with E-state index in [1.54, 1.807) is 11.8 Å². The molecule has 0 radical (unpaired) electrons. The molecule has 1 amide bonds. The quantitative estimate of drug-likeness (QED) is 0.707. The number of rotatable bonds is 4. The van der Waals surface area contributed by atoms with Crippen molar-refractivity contribution in [2.45, 2.75) is 38.5 Å². The maximum atomic E-state index is 11.0. The fourth-order valence-electron chi connectivity index (χ4n) is 1.21. The number of hydrogen-bond donors (Lipinski definition) is 1. The minimum absolute atomic E-state index is 0.00248. The van der Waals surface area contributed by atoms with Crippen molar-refractivity contribution < 1.29 is 4.79 Å². The third-order valence-electron chi connectivity index (χ3n) is 2.06. The molecular weight excluding hydrogens is 182 g/mol. The third kappa shape index (κ3) is 3.85. The summed E-state index contributed by atoms with van der Waals surface area (Å²) in [6.45, 7) is 11.6. The van der Waals surface area contributed by atoms with Gasteiger partial charge in [-0.25, -0.2) is 0 Å². The molecule has 0 saturated heterocycles. The fraction of sp³-hybridized carbons (Fsp3) is 0.700. The molecule has 1 N–H and O–H groups in total. The van der Waals surface area contributed by atoms with Crippen LogP contribution in [0.3, 0.4) is 0 Å². The molecule has 2 nitrogen and oxygen atoms in total. The van der Waals surface area contributed by atoms with Crippen molar-refractivity contribution >= 4 is 17.7 Å². The highest BCUT2D eigenvalue weighted by molar-refractivity contribution is 8.00. The third-order valence-corrected chi connectivity index (χ3v) is 3.35. The van der Waals surface area contributed by atoms with Crippen molar-refractivity contribution in [1.29, 1.82) is 0 Å². The summed E-state index contributed by atoms with van der Waals surface area (Å²) >= 11 is 1.73. The van der Waals surface area contributed by atoms with Gasteiger partial charge < -0.3 is 5.32 Å². The average molecular weight is 201 g/mol. The number of carbonyl (C=O) groups excluding carboxylic acids is 1. The van der Waals surface area contributed by atoms with Gasteiger partial charge in [0.15, 0.2) is 0 Å². The zero-order chi connectivity index (χ0) is 10.6. The molecule has 0 aliphatic carbocycles. The van der Waals surface area contributed by atoms with E-state index >= 15 is 0 Å². The minimum atomic E-state index is -0.00451. The number of hydrogen-bond acceptors (Lipinski definition) is 2. The Labute approximate surface area is 85.2 Å². The van der Waals surface area contributed by atoms with Crippen LogP contribution in [0, 0.1) is 0 Å². The topological polar surface area (TPSA) is 29.1 Å². The molecule has 1 unspecified atom stereocenters. The lowest BCUT2D eigenvalue weighted by Gasteiger charge is -2.33. The fourth-order valence-corrected chi connectivity index (χ4v) is 1.71. The molecule has 0 heterocycles. The first-order valence-corrected chi connectivity index (χ1v) is 5.51. The lowest BCUT2D eigenvalue weighted by molar-refractivity contribution is -0.119. The maximum Gasteiger partial charge on any atom is 0.217 e. The first-order valence-electron chi connectivity index (χ1n) is 4.29. The molecule has 0 fully saturated rings. The molecule has 1 atom stereocenters. The lowest BCUT2D eigenvalue weighted by atomic mass is 9.97. The van der Waals surface area contributed by atoms with E-state index in [2.05, 4.69) is 25.7 Å². The number of nitrogens with one attached hydrogen (secondary N) is 1. The van der Waals surface area contributed by atoms with Gasteiger partial charge in [0, 0.05) is 11.7 Å². The second-order valence-electron chi connectivity index (χ2n) is 3.79. The summed E-state index contributed by atoms with van der Waals surface area (Å²) in [7, 11) is 0. The molecular formula is C10H19NOS. The Bertz CT molecular complexity index is 211. The second-order valence-corrected chi connectivity index (χ2v) is 5.25. The zero-order valence-corrected chi connectivity index (χ0v) is 9.92. The van der Waals surface area contributed by atoms with E-state index in [-0.39, 0.29) is 16.7 Å². The molecule has 3 heteroatoms. The van der Waals surface area contributed by atoms with Crippen molar-refractivity contribution in [3.8, 4) is 0 Å². The Morgan fingerprint density at radius 3 is 2.15 bits per heavy atom. The van der Waals surface area contributed by atoms with Crippen molar-refractivity contribution in [3.05, 3.63) is 12.2 Å². The molecule has 0 rings (SSSR count). The van der Waals surface area contributed by atoms with Crippen molar-refractivity contribution in [1.82, 2.24) is 5.32 Å². The molecule has 0 aromatic rings. The molecule has 13 heavy (non-hydrogen) atoms. The van der Waals surface area contributed by atoms with E-state index in [4.69, 9.17) is 0 Å². The van der Waals surface area contributed by atoms with Crippen molar-refractivity contribution in [2.24, 2.45) is 0 Å². The van der Waals surface area contributed by atoms with E-state index in [0.717, 1.165) is 5.57 Å².